The number of carboxylic acids is 2. The van der Waals surface area contributed by atoms with Crippen molar-refractivity contribution in [1.29, 1.82) is 0 Å². The summed E-state index contributed by atoms with van der Waals surface area (Å²) in [6, 6.07) is 16.4. The summed E-state index contributed by atoms with van der Waals surface area (Å²) in [6.45, 7) is 3.55. The average Bonchev–Trinajstić information content (AvgIpc) is 3.51. The van der Waals surface area contributed by atoms with Crippen molar-refractivity contribution in [2.45, 2.75) is 25.6 Å². The van der Waals surface area contributed by atoms with Gasteiger partial charge >= 0.3 is 11.9 Å². The Morgan fingerprint density at radius 1 is 0.804 bits per heavy atom. The average molecular weight is 709 g/mol. The second-order valence-electron chi connectivity index (χ2n) is 12.6. The molecule has 0 spiro atoms. The van der Waals surface area contributed by atoms with Crippen LogP contribution in [0, 0.1) is 0 Å². The molecule has 1 atom stereocenters. The van der Waals surface area contributed by atoms with Crippen LogP contribution in [0.1, 0.15) is 16.8 Å². The highest BCUT2D eigenvalue weighted by atomic mass is 16.6. The van der Waals surface area contributed by atoms with Gasteiger partial charge in [0, 0.05) is 76.5 Å². The Morgan fingerprint density at radius 2 is 1.35 bits per heavy atom. The monoisotopic (exact) mass is 708 g/mol. The number of hydroxylamine groups is 1. The van der Waals surface area contributed by atoms with Crippen LogP contribution >= 0.6 is 0 Å². The highest BCUT2D eigenvalue weighted by molar-refractivity contribution is 5.82. The lowest BCUT2D eigenvalue weighted by atomic mass is 10.1. The van der Waals surface area contributed by atoms with Gasteiger partial charge in [0.25, 0.3) is 5.91 Å². The molecule has 1 fully saturated rings. The van der Waals surface area contributed by atoms with E-state index in [9.17, 15) is 34.2 Å². The number of aliphatic carboxylic acids is 2. The summed E-state index contributed by atoms with van der Waals surface area (Å²) in [6.07, 6.45) is 1.11. The van der Waals surface area contributed by atoms with Gasteiger partial charge in [-0.15, -0.1) is 0 Å². The number of amides is 2. The largest absolute Gasteiger partial charge is 0.480 e. The number of benzene rings is 2. The number of carboxylic acid groups (broad SMARTS) is 2. The molecule has 1 aliphatic heterocycles. The first-order valence-electron chi connectivity index (χ1n) is 16.9. The van der Waals surface area contributed by atoms with E-state index in [2.05, 4.69) is 15.8 Å². The van der Waals surface area contributed by atoms with E-state index in [1.54, 1.807) is 9.80 Å². The second kappa shape index (κ2) is 20.2. The minimum absolute atomic E-state index is 0.0487. The van der Waals surface area contributed by atoms with Crippen molar-refractivity contribution >= 4 is 40.9 Å². The zero-order chi connectivity index (χ0) is 36.6. The topological polar surface area (TPSA) is 214 Å². The maximum Gasteiger partial charge on any atom is 0.317 e. The molecular formula is C35H48N8O8. The summed E-state index contributed by atoms with van der Waals surface area (Å²) in [5.74, 6) is -2.60. The minimum atomic E-state index is -0.968. The number of para-hydroxylation sites is 1. The fourth-order valence-electron chi connectivity index (χ4n) is 5.78. The summed E-state index contributed by atoms with van der Waals surface area (Å²) in [4.78, 5) is 75.6. The molecule has 7 N–H and O–H groups in total. The number of hydrogen-bond acceptors (Lipinski definition) is 11. The number of aromatic amines is 1. The molecule has 2 aromatic carbocycles. The molecule has 0 saturated carbocycles. The van der Waals surface area contributed by atoms with E-state index in [-0.39, 0.29) is 45.2 Å². The Kier molecular flexibility index (Phi) is 15.5. The molecule has 1 aliphatic rings. The number of nitrogens with one attached hydrogen (secondary N) is 3. The molecule has 16 nitrogen and oxygen atoms in total. The van der Waals surface area contributed by atoms with Crippen molar-refractivity contribution in [2.75, 3.05) is 78.5 Å². The highest BCUT2D eigenvalue weighted by Crippen LogP contribution is 2.15. The van der Waals surface area contributed by atoms with E-state index in [1.165, 1.54) is 0 Å². The van der Waals surface area contributed by atoms with Crippen LogP contribution in [-0.2, 0) is 48.4 Å². The molecule has 1 aromatic heterocycles. The molecule has 2 heterocycles. The summed E-state index contributed by atoms with van der Waals surface area (Å²) < 4.78 is 0. The summed E-state index contributed by atoms with van der Waals surface area (Å²) in [5.41, 5.74) is 12.0. The minimum Gasteiger partial charge on any atom is -0.480 e. The summed E-state index contributed by atoms with van der Waals surface area (Å²) in [7, 11) is 0. The van der Waals surface area contributed by atoms with Crippen LogP contribution in [0.2, 0.25) is 0 Å². The van der Waals surface area contributed by atoms with E-state index in [1.807, 2.05) is 64.4 Å². The maximum atomic E-state index is 13.0. The van der Waals surface area contributed by atoms with Gasteiger partial charge in [0.15, 0.2) is 0 Å². The van der Waals surface area contributed by atoms with E-state index in [0.717, 1.165) is 34.0 Å². The Hall–Kier alpha value is -4.71. The number of aldehydes is 1. The maximum absolute atomic E-state index is 13.0. The van der Waals surface area contributed by atoms with Crippen molar-refractivity contribution in [1.82, 2.24) is 35.4 Å². The van der Waals surface area contributed by atoms with Crippen molar-refractivity contribution in [3.8, 4) is 0 Å². The van der Waals surface area contributed by atoms with Gasteiger partial charge in [-0.3, -0.25) is 43.6 Å². The van der Waals surface area contributed by atoms with Gasteiger partial charge < -0.3 is 31.0 Å². The number of fused-ring (bicyclic) bond motifs is 1. The first kappa shape index (κ1) is 39.1. The Bertz CT molecular complexity index is 1530. The third-order valence-electron chi connectivity index (χ3n) is 8.63. The lowest BCUT2D eigenvalue weighted by Gasteiger charge is -2.32. The van der Waals surface area contributed by atoms with E-state index < -0.39 is 23.9 Å². The molecule has 51 heavy (non-hydrogen) atoms. The molecule has 0 bridgehead atoms. The molecule has 276 valence electrons. The van der Waals surface area contributed by atoms with Crippen LogP contribution in [0.15, 0.2) is 54.6 Å². The van der Waals surface area contributed by atoms with E-state index >= 15 is 0 Å². The zero-order valence-electron chi connectivity index (χ0n) is 28.7. The Morgan fingerprint density at radius 3 is 1.92 bits per heavy atom. The number of hydrogen-bond donors (Lipinski definition) is 6. The van der Waals surface area contributed by atoms with Gasteiger partial charge in [0.2, 0.25) is 5.91 Å². The number of carbonyl (C=O) groups excluding carboxylic acids is 3. The second-order valence-corrected chi connectivity index (χ2v) is 12.6. The summed E-state index contributed by atoms with van der Waals surface area (Å²) >= 11 is 0. The standard InChI is InChI=1S/C35H48N8O8/c36-30(20-29-19-28-3-1-2-4-31(28)38-29)35(50)39-51-25-27-7-5-26(6-8-27)21-37-32(45)22-41-13-15-42(23-33(46)47)11-9-40(17-18-44)10-12-43(16-14-41)24-34(48)49/h1-8,18-19,30,38H,9-17,20-25,36H2,(H,37,45)(H,39,50)(H,46,47)(H,48,49)/t30-/m1/s1. The van der Waals surface area contributed by atoms with Crippen LogP contribution in [0.25, 0.3) is 10.9 Å². The van der Waals surface area contributed by atoms with Crippen LogP contribution in [-0.4, -0.2) is 149 Å². The molecule has 0 aliphatic carbocycles. The zero-order valence-corrected chi connectivity index (χ0v) is 28.7. The Labute approximate surface area is 296 Å². The van der Waals surface area contributed by atoms with Crippen LogP contribution in [0.3, 0.4) is 0 Å². The lowest BCUT2D eigenvalue weighted by molar-refractivity contribution is -0.139. The predicted molar refractivity (Wildman–Crippen MR) is 188 cm³/mol. The molecule has 2 amide bonds. The van der Waals surface area contributed by atoms with Crippen molar-refractivity contribution < 1.29 is 39.0 Å². The van der Waals surface area contributed by atoms with Gasteiger partial charge in [-0.05, 0) is 28.6 Å². The third-order valence-corrected chi connectivity index (χ3v) is 8.63. The van der Waals surface area contributed by atoms with E-state index in [4.69, 9.17) is 10.6 Å². The molecule has 0 radical (unpaired) electrons. The predicted octanol–water partition coefficient (Wildman–Crippen LogP) is -0.508. The highest BCUT2D eigenvalue weighted by Gasteiger charge is 2.20. The molecule has 4 rings (SSSR count). The molecular weight excluding hydrogens is 660 g/mol. The first-order valence-corrected chi connectivity index (χ1v) is 16.9. The smallest absolute Gasteiger partial charge is 0.317 e. The van der Waals surface area contributed by atoms with Gasteiger partial charge in [0.05, 0.1) is 38.8 Å². The number of carbonyl (C=O) groups is 5. The molecule has 1 saturated heterocycles. The Balaban J connectivity index is 1.23. The lowest BCUT2D eigenvalue weighted by Crippen LogP contribution is -2.49. The van der Waals surface area contributed by atoms with Gasteiger partial charge in [-0.25, -0.2) is 5.48 Å². The SMILES string of the molecule is N[C@H](Cc1cc2ccccc2[nH]1)C(=O)NOCc1ccc(CNC(=O)CN2CCN(CC(=O)O)CCN(CC=O)CCN(CC(=O)O)CC2)cc1. The fourth-order valence-corrected chi connectivity index (χ4v) is 5.78. The van der Waals surface area contributed by atoms with Gasteiger partial charge in [-0.1, -0.05) is 42.5 Å². The van der Waals surface area contributed by atoms with Crippen molar-refractivity contribution in [2.24, 2.45) is 5.73 Å². The van der Waals surface area contributed by atoms with Crippen LogP contribution in [0.4, 0.5) is 0 Å². The molecule has 0 unspecified atom stereocenters. The molecule has 3 aromatic rings. The van der Waals surface area contributed by atoms with Gasteiger partial charge in [0.1, 0.15) is 6.29 Å². The number of nitrogens with two attached hydrogens (primary N) is 1. The number of aromatic nitrogens is 1. The number of rotatable bonds is 16. The first-order chi connectivity index (χ1) is 24.6. The fraction of sp³-hybridized carbons (Fsp3) is 0.457. The third kappa shape index (κ3) is 13.8. The van der Waals surface area contributed by atoms with Crippen LogP contribution in [0.5, 0.6) is 0 Å². The van der Waals surface area contributed by atoms with Crippen LogP contribution < -0.4 is 16.5 Å². The summed E-state index contributed by atoms with van der Waals surface area (Å²) in [5, 5.41) is 22.8. The normalized spacial score (nSPS) is 16.5. The van der Waals surface area contributed by atoms with Crippen molar-refractivity contribution in [3.05, 3.63) is 71.4 Å². The number of H-pyrrole nitrogens is 1. The quantitative estimate of drug-likeness (QED) is 0.0819. The van der Waals surface area contributed by atoms with E-state index in [0.29, 0.717) is 58.8 Å². The molecule has 16 heteroatoms. The van der Waals surface area contributed by atoms with Crippen molar-refractivity contribution in [3.63, 3.8) is 0 Å². The van der Waals surface area contributed by atoms with Gasteiger partial charge in [-0.2, -0.15) is 0 Å². The number of nitrogens with zero attached hydrogens (tertiary/aromatic N) is 4.